The zero-order valence-corrected chi connectivity index (χ0v) is 15.7. The molecule has 8 heteroatoms. The number of carbonyl (C=O) groups is 2. The van der Waals surface area contributed by atoms with Gasteiger partial charge in [-0.25, -0.2) is 0 Å². The Morgan fingerprint density at radius 3 is 2.68 bits per heavy atom. The maximum Gasteiger partial charge on any atom is 0.416 e. The van der Waals surface area contributed by atoms with E-state index in [-0.39, 0.29) is 11.7 Å². The number of nitrogens with zero attached hydrogens (tertiary/aromatic N) is 1. The van der Waals surface area contributed by atoms with Gasteiger partial charge >= 0.3 is 12.1 Å². The minimum atomic E-state index is -4.44. The van der Waals surface area contributed by atoms with Crippen molar-refractivity contribution in [1.29, 1.82) is 0 Å². The lowest BCUT2D eigenvalue weighted by Crippen LogP contribution is -2.38. The highest BCUT2D eigenvalue weighted by Gasteiger charge is 2.30. The van der Waals surface area contributed by atoms with Crippen LogP contribution >= 0.6 is 11.8 Å². The van der Waals surface area contributed by atoms with Crippen molar-refractivity contribution in [2.45, 2.75) is 23.9 Å². The van der Waals surface area contributed by atoms with Gasteiger partial charge < -0.3 is 9.64 Å². The predicted molar refractivity (Wildman–Crippen MR) is 100 cm³/mol. The van der Waals surface area contributed by atoms with Crippen LogP contribution in [0.3, 0.4) is 0 Å². The number of hydrogen-bond donors (Lipinski definition) is 0. The topological polar surface area (TPSA) is 46.6 Å². The fourth-order valence-corrected chi connectivity index (χ4v) is 3.71. The van der Waals surface area contributed by atoms with Crippen molar-refractivity contribution in [2.75, 3.05) is 23.8 Å². The van der Waals surface area contributed by atoms with Gasteiger partial charge in [0.25, 0.3) is 5.91 Å². The van der Waals surface area contributed by atoms with Crippen LogP contribution in [0.15, 0.2) is 53.4 Å². The Morgan fingerprint density at radius 2 is 1.89 bits per heavy atom. The molecule has 0 saturated heterocycles. The van der Waals surface area contributed by atoms with Gasteiger partial charge in [-0.15, -0.1) is 11.8 Å². The van der Waals surface area contributed by atoms with Crippen LogP contribution in [0.1, 0.15) is 17.5 Å². The molecule has 1 amide bonds. The van der Waals surface area contributed by atoms with Gasteiger partial charge in [0.1, 0.15) is 0 Å². The van der Waals surface area contributed by atoms with Crippen LogP contribution in [0.2, 0.25) is 0 Å². The first-order valence-corrected chi connectivity index (χ1v) is 9.67. The molecule has 0 N–H and O–H groups in total. The highest BCUT2D eigenvalue weighted by Crippen LogP contribution is 2.32. The number of amides is 1. The molecule has 2 aromatic carbocycles. The van der Waals surface area contributed by atoms with Crippen molar-refractivity contribution in [3.05, 3.63) is 59.7 Å². The molecule has 0 aliphatic carbocycles. The van der Waals surface area contributed by atoms with Crippen LogP contribution in [-0.4, -0.2) is 30.8 Å². The van der Waals surface area contributed by atoms with E-state index in [0.29, 0.717) is 11.4 Å². The fraction of sp³-hybridized carbons (Fsp3) is 0.300. The Labute approximate surface area is 164 Å². The monoisotopic (exact) mass is 409 g/mol. The molecule has 0 atom stereocenters. The lowest BCUT2D eigenvalue weighted by Gasteiger charge is -2.29. The normalized spacial score (nSPS) is 13.8. The average Bonchev–Trinajstić information content (AvgIpc) is 2.69. The SMILES string of the molecule is O=C(CSc1cccc(C(F)(F)F)c1)OCC(=O)N1CCCc2ccccc21. The van der Waals surface area contributed by atoms with Gasteiger partial charge in [0.05, 0.1) is 11.3 Å². The molecule has 148 valence electrons. The first kappa shape index (κ1) is 20.3. The summed E-state index contributed by atoms with van der Waals surface area (Å²) in [7, 11) is 0. The van der Waals surface area contributed by atoms with Crippen molar-refractivity contribution in [2.24, 2.45) is 0 Å². The predicted octanol–water partition coefficient (Wildman–Crippen LogP) is 4.32. The van der Waals surface area contributed by atoms with E-state index in [9.17, 15) is 22.8 Å². The molecule has 0 radical (unpaired) electrons. The highest BCUT2D eigenvalue weighted by molar-refractivity contribution is 8.00. The number of aryl methyl sites for hydroxylation is 1. The summed E-state index contributed by atoms with van der Waals surface area (Å²) in [5.74, 6) is -1.14. The minimum absolute atomic E-state index is 0.175. The van der Waals surface area contributed by atoms with E-state index in [2.05, 4.69) is 0 Å². The number of hydrogen-bond acceptors (Lipinski definition) is 4. The fourth-order valence-electron chi connectivity index (χ4n) is 2.96. The summed E-state index contributed by atoms with van der Waals surface area (Å²) in [6.45, 7) is 0.169. The molecule has 1 aliphatic heterocycles. The second kappa shape index (κ2) is 8.68. The van der Waals surface area contributed by atoms with Gasteiger partial charge in [-0.1, -0.05) is 24.3 Å². The van der Waals surface area contributed by atoms with E-state index >= 15 is 0 Å². The molecule has 0 saturated carbocycles. The molecule has 1 aliphatic rings. The third kappa shape index (κ3) is 5.07. The number of carbonyl (C=O) groups excluding carboxylic acids is 2. The standard InChI is InChI=1S/C20H18F3NO3S/c21-20(22,23)15-7-3-8-16(11-15)28-13-19(26)27-12-18(25)24-10-4-6-14-5-1-2-9-17(14)24/h1-3,5,7-9,11H,4,6,10,12-13H2. The molecule has 0 aromatic heterocycles. The van der Waals surface area contributed by atoms with Crippen LogP contribution < -0.4 is 4.90 Å². The maximum absolute atomic E-state index is 12.7. The summed E-state index contributed by atoms with van der Waals surface area (Å²) in [6, 6.07) is 12.3. The molecule has 0 spiro atoms. The number of fused-ring (bicyclic) bond motifs is 1. The van der Waals surface area contributed by atoms with E-state index in [1.807, 2.05) is 24.3 Å². The number of esters is 1. The summed E-state index contributed by atoms with van der Waals surface area (Å²) >= 11 is 0.935. The summed E-state index contributed by atoms with van der Waals surface area (Å²) in [5, 5.41) is 0. The van der Waals surface area contributed by atoms with Gasteiger partial charge in [0.15, 0.2) is 6.61 Å². The number of halogens is 3. The molecule has 0 fully saturated rings. The van der Waals surface area contributed by atoms with Crippen LogP contribution in [0, 0.1) is 0 Å². The third-order valence-corrected chi connectivity index (χ3v) is 5.25. The largest absolute Gasteiger partial charge is 0.455 e. The van der Waals surface area contributed by atoms with Gasteiger partial charge in [0.2, 0.25) is 0 Å². The molecule has 0 bridgehead atoms. The van der Waals surface area contributed by atoms with E-state index < -0.39 is 24.3 Å². The molecule has 0 unspecified atom stereocenters. The Morgan fingerprint density at radius 1 is 1.11 bits per heavy atom. The second-order valence-corrected chi connectivity index (χ2v) is 7.30. The zero-order valence-electron chi connectivity index (χ0n) is 14.9. The van der Waals surface area contributed by atoms with Crippen molar-refractivity contribution in [1.82, 2.24) is 0 Å². The lowest BCUT2D eigenvalue weighted by molar-refractivity contribution is -0.145. The van der Waals surface area contributed by atoms with Crippen molar-refractivity contribution in [3.8, 4) is 0 Å². The number of alkyl halides is 3. The second-order valence-electron chi connectivity index (χ2n) is 6.25. The summed E-state index contributed by atoms with van der Waals surface area (Å²) in [5.41, 5.74) is 1.13. The molecule has 1 heterocycles. The van der Waals surface area contributed by atoms with E-state index in [1.165, 1.54) is 12.1 Å². The van der Waals surface area contributed by atoms with Crippen LogP contribution in [0.25, 0.3) is 0 Å². The Hall–Kier alpha value is -2.48. The number of ether oxygens (including phenoxy) is 1. The smallest absolute Gasteiger partial charge is 0.416 e. The first-order chi connectivity index (χ1) is 13.3. The van der Waals surface area contributed by atoms with Crippen LogP contribution in [0.4, 0.5) is 18.9 Å². The number of anilines is 1. The van der Waals surface area contributed by atoms with Crippen molar-refractivity contribution >= 4 is 29.3 Å². The molecular weight excluding hydrogens is 391 g/mol. The summed E-state index contributed by atoms with van der Waals surface area (Å²) in [4.78, 5) is 26.2. The Balaban J connectivity index is 1.51. The minimum Gasteiger partial charge on any atom is -0.455 e. The lowest BCUT2D eigenvalue weighted by atomic mass is 10.0. The van der Waals surface area contributed by atoms with E-state index in [0.717, 1.165) is 48.0 Å². The van der Waals surface area contributed by atoms with Gasteiger partial charge in [-0.2, -0.15) is 13.2 Å². The number of benzene rings is 2. The van der Waals surface area contributed by atoms with E-state index in [4.69, 9.17) is 4.74 Å². The molecule has 2 aromatic rings. The van der Waals surface area contributed by atoms with Gasteiger partial charge in [-0.05, 0) is 42.7 Å². The molecular formula is C20H18F3NO3S. The Bertz CT molecular complexity index is 870. The average molecular weight is 409 g/mol. The highest BCUT2D eigenvalue weighted by atomic mass is 32.2. The molecule has 3 rings (SSSR count). The number of para-hydroxylation sites is 1. The maximum atomic E-state index is 12.7. The van der Waals surface area contributed by atoms with Gasteiger partial charge in [0, 0.05) is 17.1 Å². The third-order valence-electron chi connectivity index (χ3n) is 4.29. The quantitative estimate of drug-likeness (QED) is 0.545. The summed E-state index contributed by atoms with van der Waals surface area (Å²) in [6.07, 6.45) is -2.70. The summed E-state index contributed by atoms with van der Waals surface area (Å²) < 4.78 is 43.2. The Kier molecular flexibility index (Phi) is 6.28. The van der Waals surface area contributed by atoms with Gasteiger partial charge in [-0.3, -0.25) is 9.59 Å². The van der Waals surface area contributed by atoms with Crippen LogP contribution in [0.5, 0.6) is 0 Å². The van der Waals surface area contributed by atoms with Crippen molar-refractivity contribution in [3.63, 3.8) is 0 Å². The van der Waals surface area contributed by atoms with Crippen molar-refractivity contribution < 1.29 is 27.5 Å². The van der Waals surface area contributed by atoms with Crippen LogP contribution in [-0.2, 0) is 26.9 Å². The first-order valence-electron chi connectivity index (χ1n) is 8.68. The number of thioether (sulfide) groups is 1. The number of rotatable bonds is 5. The molecule has 28 heavy (non-hydrogen) atoms. The molecule has 4 nitrogen and oxygen atoms in total. The zero-order chi connectivity index (χ0) is 20.1. The van der Waals surface area contributed by atoms with E-state index in [1.54, 1.807) is 4.90 Å².